The van der Waals surface area contributed by atoms with Crippen LogP contribution in [-0.2, 0) is 19.5 Å². The fourth-order valence-electron chi connectivity index (χ4n) is 1.71. The van der Waals surface area contributed by atoms with E-state index in [9.17, 15) is 13.2 Å². The average molecular weight is 294 g/mol. The molecule has 0 fully saturated rings. The van der Waals surface area contributed by atoms with E-state index in [4.69, 9.17) is 13.3 Å². The van der Waals surface area contributed by atoms with Crippen LogP contribution in [0.3, 0.4) is 0 Å². The summed E-state index contributed by atoms with van der Waals surface area (Å²) in [6.07, 6.45) is -4.40. The third-order valence-corrected chi connectivity index (χ3v) is 5.37. The van der Waals surface area contributed by atoms with Gasteiger partial charge in [-0.2, -0.15) is 13.2 Å². The van der Waals surface area contributed by atoms with Gasteiger partial charge in [-0.05, 0) is 19.9 Å². The zero-order valence-electron chi connectivity index (χ0n) is 11.1. The van der Waals surface area contributed by atoms with Gasteiger partial charge in [0.2, 0.25) is 0 Å². The normalized spacial score (nSPS) is 12.7. The maximum absolute atomic E-state index is 12.7. The van der Waals surface area contributed by atoms with Crippen LogP contribution in [0.5, 0.6) is 0 Å². The minimum atomic E-state index is -4.40. The maximum atomic E-state index is 12.7. The monoisotopic (exact) mass is 294 g/mol. The Bertz CT molecular complexity index is 403. The van der Waals surface area contributed by atoms with Crippen LogP contribution in [0.25, 0.3) is 0 Å². The first-order chi connectivity index (χ1) is 8.89. The second kappa shape index (κ2) is 6.51. The van der Waals surface area contributed by atoms with Crippen molar-refractivity contribution in [3.05, 3.63) is 29.8 Å². The minimum absolute atomic E-state index is 0.302. The highest BCUT2D eigenvalue weighted by Crippen LogP contribution is 2.28. The van der Waals surface area contributed by atoms with Gasteiger partial charge in [0.05, 0.1) is 5.56 Å². The molecule has 0 unspecified atom stereocenters. The molecule has 3 nitrogen and oxygen atoms in total. The van der Waals surface area contributed by atoms with E-state index < -0.39 is 20.5 Å². The molecule has 0 atom stereocenters. The average Bonchev–Trinajstić information content (AvgIpc) is 2.37. The van der Waals surface area contributed by atoms with Crippen LogP contribution in [0, 0.1) is 0 Å². The lowest BCUT2D eigenvalue weighted by atomic mass is 10.2. The van der Waals surface area contributed by atoms with Crippen LogP contribution < -0.4 is 5.19 Å². The third kappa shape index (κ3) is 3.79. The molecule has 0 saturated heterocycles. The van der Waals surface area contributed by atoms with Crippen molar-refractivity contribution in [2.75, 3.05) is 20.3 Å². The van der Waals surface area contributed by atoms with Crippen LogP contribution in [-0.4, -0.2) is 29.1 Å². The molecule has 1 aromatic carbocycles. The summed E-state index contributed by atoms with van der Waals surface area (Å²) in [5.41, 5.74) is -0.738. The molecule has 0 spiro atoms. The van der Waals surface area contributed by atoms with Crippen LogP contribution in [0.2, 0.25) is 0 Å². The molecule has 1 rings (SSSR count). The summed E-state index contributed by atoms with van der Waals surface area (Å²) in [5, 5.41) is 0.313. The summed E-state index contributed by atoms with van der Waals surface area (Å²) in [7, 11) is -1.87. The molecule has 19 heavy (non-hydrogen) atoms. The first kappa shape index (κ1) is 16.2. The molecule has 0 radical (unpaired) electrons. The molecule has 7 heteroatoms. The van der Waals surface area contributed by atoms with E-state index in [1.165, 1.54) is 19.2 Å². The lowest BCUT2D eigenvalue weighted by Gasteiger charge is -2.27. The van der Waals surface area contributed by atoms with Crippen molar-refractivity contribution in [2.24, 2.45) is 0 Å². The second-order valence-electron chi connectivity index (χ2n) is 3.70. The lowest BCUT2D eigenvalue weighted by molar-refractivity contribution is -0.137. The topological polar surface area (TPSA) is 27.7 Å². The van der Waals surface area contributed by atoms with Gasteiger partial charge < -0.3 is 13.3 Å². The smallest absolute Gasteiger partial charge is 0.373 e. The van der Waals surface area contributed by atoms with Gasteiger partial charge in [0.25, 0.3) is 0 Å². The van der Waals surface area contributed by atoms with Crippen molar-refractivity contribution in [1.82, 2.24) is 0 Å². The molecule has 0 aliphatic carbocycles. The molecule has 108 valence electrons. The summed E-state index contributed by atoms with van der Waals surface area (Å²) < 4.78 is 54.5. The summed E-state index contributed by atoms with van der Waals surface area (Å²) in [6.45, 7) is 4.09. The Labute approximate surface area is 111 Å². The highest BCUT2D eigenvalue weighted by molar-refractivity contribution is 6.75. The third-order valence-electron chi connectivity index (χ3n) is 2.48. The molecular weight excluding hydrogens is 277 g/mol. The van der Waals surface area contributed by atoms with Crippen LogP contribution in [0.15, 0.2) is 24.3 Å². The SMILES string of the molecule is CCO[Si](OC)(OCC)c1cccc(C(F)(F)F)c1. The van der Waals surface area contributed by atoms with Gasteiger partial charge in [0.15, 0.2) is 0 Å². The van der Waals surface area contributed by atoms with Crippen LogP contribution in [0.1, 0.15) is 19.4 Å². The van der Waals surface area contributed by atoms with Crippen LogP contribution in [0.4, 0.5) is 13.2 Å². The van der Waals surface area contributed by atoms with Crippen molar-refractivity contribution in [3.63, 3.8) is 0 Å². The van der Waals surface area contributed by atoms with E-state index >= 15 is 0 Å². The molecular formula is C12H17F3O3Si. The Morgan fingerprint density at radius 2 is 1.68 bits per heavy atom. The molecule has 0 N–H and O–H groups in total. The van der Waals surface area contributed by atoms with Gasteiger partial charge in [-0.25, -0.2) is 0 Å². The van der Waals surface area contributed by atoms with Crippen molar-refractivity contribution in [3.8, 4) is 0 Å². The molecule has 0 heterocycles. The van der Waals surface area contributed by atoms with Gasteiger partial charge in [-0.15, -0.1) is 0 Å². The number of hydrogen-bond donors (Lipinski definition) is 0. The van der Waals surface area contributed by atoms with Crippen molar-refractivity contribution in [1.29, 1.82) is 0 Å². The van der Waals surface area contributed by atoms with Gasteiger partial charge in [0, 0.05) is 25.5 Å². The lowest BCUT2D eigenvalue weighted by Crippen LogP contribution is -2.56. The fourth-order valence-corrected chi connectivity index (χ4v) is 3.99. The second-order valence-corrected chi connectivity index (χ2v) is 6.38. The van der Waals surface area contributed by atoms with E-state index in [0.29, 0.717) is 18.4 Å². The molecule has 0 aliphatic rings. The van der Waals surface area contributed by atoms with Gasteiger partial charge in [0.1, 0.15) is 0 Å². The number of benzene rings is 1. The van der Waals surface area contributed by atoms with Crippen molar-refractivity contribution in [2.45, 2.75) is 20.0 Å². The highest BCUT2D eigenvalue weighted by atomic mass is 28.4. The Morgan fingerprint density at radius 3 is 2.11 bits per heavy atom. The fraction of sp³-hybridized carbons (Fsp3) is 0.500. The number of rotatable bonds is 6. The van der Waals surface area contributed by atoms with E-state index in [2.05, 4.69) is 0 Å². The molecule has 0 saturated carbocycles. The number of hydrogen-bond acceptors (Lipinski definition) is 3. The maximum Gasteiger partial charge on any atom is 0.536 e. The summed E-state index contributed by atoms with van der Waals surface area (Å²) in [5.74, 6) is 0. The van der Waals surface area contributed by atoms with Gasteiger partial charge >= 0.3 is 15.0 Å². The van der Waals surface area contributed by atoms with E-state index in [-0.39, 0.29) is 0 Å². The summed E-state index contributed by atoms with van der Waals surface area (Å²) in [4.78, 5) is 0. The first-order valence-corrected chi connectivity index (χ1v) is 7.63. The van der Waals surface area contributed by atoms with Crippen molar-refractivity contribution >= 4 is 14.0 Å². The van der Waals surface area contributed by atoms with Crippen molar-refractivity contribution < 1.29 is 26.4 Å². The molecule has 1 aromatic rings. The highest BCUT2D eigenvalue weighted by Gasteiger charge is 2.43. The number of halogens is 3. The largest absolute Gasteiger partial charge is 0.536 e. The molecule has 0 bridgehead atoms. The Kier molecular flexibility index (Phi) is 5.54. The molecule has 0 aromatic heterocycles. The molecule has 0 amide bonds. The minimum Gasteiger partial charge on any atom is -0.373 e. The first-order valence-electron chi connectivity index (χ1n) is 5.90. The predicted molar refractivity (Wildman–Crippen MR) is 67.1 cm³/mol. The summed E-state index contributed by atoms with van der Waals surface area (Å²) >= 11 is 0. The Morgan fingerprint density at radius 1 is 1.11 bits per heavy atom. The van der Waals surface area contributed by atoms with Crippen LogP contribution >= 0.6 is 0 Å². The molecule has 0 aliphatic heterocycles. The van der Waals surface area contributed by atoms with E-state index in [1.54, 1.807) is 13.8 Å². The summed E-state index contributed by atoms with van der Waals surface area (Å²) in [6, 6.07) is 4.91. The van der Waals surface area contributed by atoms with Gasteiger partial charge in [-0.1, -0.05) is 18.2 Å². The zero-order valence-corrected chi connectivity index (χ0v) is 12.1. The van der Waals surface area contributed by atoms with E-state index in [1.807, 2.05) is 0 Å². The van der Waals surface area contributed by atoms with Gasteiger partial charge in [-0.3, -0.25) is 0 Å². The van der Waals surface area contributed by atoms with E-state index in [0.717, 1.165) is 12.1 Å². The Balaban J connectivity index is 3.22. The zero-order chi connectivity index (χ0) is 14.5. The quantitative estimate of drug-likeness (QED) is 0.755. The Hall–Kier alpha value is -0.893. The standard InChI is InChI=1S/C12H17F3O3Si/c1-4-17-19(16-3,18-5-2)11-8-6-7-10(9-11)12(13,14)15/h6-9H,4-5H2,1-3H3. The predicted octanol–water partition coefficient (Wildman–Crippen LogP) is 2.57. The number of alkyl halides is 3.